The highest BCUT2D eigenvalue weighted by atomic mass is 32.2. The molecule has 0 saturated heterocycles. The van der Waals surface area contributed by atoms with Crippen molar-refractivity contribution in [3.05, 3.63) is 57.5 Å². The Hall–Kier alpha value is -2.59. The number of dihydropyridines is 1. The van der Waals surface area contributed by atoms with Crippen LogP contribution in [0.2, 0.25) is 0 Å². The summed E-state index contributed by atoms with van der Waals surface area (Å²) in [5.74, 6) is -1.52. The number of thioether (sulfide) groups is 1. The molecule has 1 aliphatic heterocycles. The highest BCUT2D eigenvalue weighted by Gasteiger charge is 2.33. The summed E-state index contributed by atoms with van der Waals surface area (Å²) in [6, 6.07) is 7.86. The van der Waals surface area contributed by atoms with Crippen LogP contribution in [0.15, 0.2) is 46.1 Å². The molecule has 1 aromatic rings. The van der Waals surface area contributed by atoms with Gasteiger partial charge in [0, 0.05) is 11.3 Å². The molecule has 0 spiro atoms. The second-order valence-electron chi connectivity index (χ2n) is 5.65. The molecule has 0 bridgehead atoms. The number of allylic oxidation sites excluding steroid dienone is 3. The van der Waals surface area contributed by atoms with E-state index in [0.29, 0.717) is 27.4 Å². The molecule has 1 aliphatic rings. The van der Waals surface area contributed by atoms with E-state index in [-0.39, 0.29) is 24.1 Å². The maximum absolute atomic E-state index is 13.3. The maximum atomic E-state index is 13.3. The lowest BCUT2D eigenvalue weighted by atomic mass is 9.81. The first-order valence-electron chi connectivity index (χ1n) is 8.05. The van der Waals surface area contributed by atoms with E-state index in [4.69, 9.17) is 4.74 Å². The zero-order valence-electron chi connectivity index (χ0n) is 14.8. The molecule has 5 nitrogen and oxygen atoms in total. The molecule has 0 fully saturated rings. The SMILES string of the molecule is CCOC(=O)CSC1=C(C#N)[C@@H](c2ccc(F)cc2)C(C(C)=O)=C(C)N1. The number of hydrogen-bond donors (Lipinski definition) is 1. The van der Waals surface area contributed by atoms with Gasteiger partial charge in [0.1, 0.15) is 5.82 Å². The van der Waals surface area contributed by atoms with Crippen molar-refractivity contribution in [2.45, 2.75) is 26.7 Å². The molecule has 1 aromatic carbocycles. The number of nitrogens with one attached hydrogen (secondary N) is 1. The van der Waals surface area contributed by atoms with Gasteiger partial charge < -0.3 is 10.1 Å². The first-order chi connectivity index (χ1) is 12.4. The van der Waals surface area contributed by atoms with Crippen LogP contribution in [0, 0.1) is 17.1 Å². The Kier molecular flexibility index (Phi) is 6.58. The summed E-state index contributed by atoms with van der Waals surface area (Å²) in [7, 11) is 0. The lowest BCUT2D eigenvalue weighted by Gasteiger charge is -2.29. The van der Waals surface area contributed by atoms with Crippen LogP contribution < -0.4 is 5.32 Å². The quantitative estimate of drug-likeness (QED) is 0.769. The van der Waals surface area contributed by atoms with Gasteiger partial charge in [0.2, 0.25) is 0 Å². The Morgan fingerprint density at radius 1 is 1.35 bits per heavy atom. The number of carbonyl (C=O) groups excluding carboxylic acids is 2. The summed E-state index contributed by atoms with van der Waals surface area (Å²) in [4.78, 5) is 23.8. The molecule has 0 aliphatic carbocycles. The molecule has 0 radical (unpaired) electrons. The van der Waals surface area contributed by atoms with Crippen LogP contribution in [0.5, 0.6) is 0 Å². The molecule has 0 unspecified atom stereocenters. The first kappa shape index (κ1) is 19.7. The Morgan fingerprint density at radius 3 is 2.54 bits per heavy atom. The Balaban J connectivity index is 2.46. The number of halogens is 1. The maximum Gasteiger partial charge on any atom is 0.316 e. The largest absolute Gasteiger partial charge is 0.465 e. The van der Waals surface area contributed by atoms with E-state index in [9.17, 15) is 19.2 Å². The molecular formula is C19H19FN2O3S. The minimum atomic E-state index is -0.607. The minimum Gasteiger partial charge on any atom is -0.465 e. The fourth-order valence-electron chi connectivity index (χ4n) is 2.82. The Labute approximate surface area is 155 Å². The minimum absolute atomic E-state index is 0.0418. The molecule has 26 heavy (non-hydrogen) atoms. The molecule has 7 heteroatoms. The normalized spacial score (nSPS) is 16.8. The number of nitrogens with zero attached hydrogens (tertiary/aromatic N) is 1. The van der Waals surface area contributed by atoms with Crippen molar-refractivity contribution in [1.29, 1.82) is 5.26 Å². The van der Waals surface area contributed by atoms with E-state index in [2.05, 4.69) is 11.4 Å². The smallest absolute Gasteiger partial charge is 0.316 e. The molecule has 0 saturated carbocycles. The van der Waals surface area contributed by atoms with E-state index in [1.54, 1.807) is 26.0 Å². The zero-order valence-corrected chi connectivity index (χ0v) is 15.6. The number of carbonyl (C=O) groups is 2. The molecular weight excluding hydrogens is 355 g/mol. The van der Waals surface area contributed by atoms with Crippen molar-refractivity contribution in [3.63, 3.8) is 0 Å². The molecule has 2 rings (SSSR count). The fraction of sp³-hybridized carbons (Fsp3) is 0.316. The Morgan fingerprint density at radius 2 is 2.00 bits per heavy atom. The third-order valence-corrected chi connectivity index (χ3v) is 4.86. The van der Waals surface area contributed by atoms with Crippen LogP contribution in [0.3, 0.4) is 0 Å². The predicted octanol–water partition coefficient (Wildman–Crippen LogP) is 3.41. The van der Waals surface area contributed by atoms with E-state index >= 15 is 0 Å². The summed E-state index contributed by atoms with van der Waals surface area (Å²) >= 11 is 1.15. The van der Waals surface area contributed by atoms with Gasteiger partial charge in [0.25, 0.3) is 0 Å². The van der Waals surface area contributed by atoms with Crippen LogP contribution in [-0.4, -0.2) is 24.1 Å². The number of esters is 1. The van der Waals surface area contributed by atoms with Crippen molar-refractivity contribution in [2.75, 3.05) is 12.4 Å². The number of benzene rings is 1. The van der Waals surface area contributed by atoms with Gasteiger partial charge >= 0.3 is 5.97 Å². The standard InChI is InChI=1S/C19H19FN2O3S/c1-4-25-16(24)10-26-19-15(9-21)18(13-5-7-14(20)8-6-13)17(12(3)23)11(2)22-19/h5-8,18,22H,4,10H2,1-3H3/t18-/m1/s1. The average molecular weight is 374 g/mol. The first-order valence-corrected chi connectivity index (χ1v) is 9.04. The number of ketones is 1. The van der Waals surface area contributed by atoms with E-state index < -0.39 is 11.7 Å². The molecule has 1 heterocycles. The predicted molar refractivity (Wildman–Crippen MR) is 97.4 cm³/mol. The van der Waals surface area contributed by atoms with Gasteiger partial charge in [-0.2, -0.15) is 5.26 Å². The van der Waals surface area contributed by atoms with Crippen LogP contribution >= 0.6 is 11.8 Å². The zero-order chi connectivity index (χ0) is 19.3. The van der Waals surface area contributed by atoms with Gasteiger partial charge in [-0.3, -0.25) is 9.59 Å². The van der Waals surface area contributed by atoms with E-state index in [1.165, 1.54) is 19.1 Å². The van der Waals surface area contributed by atoms with Gasteiger partial charge in [-0.05, 0) is 38.5 Å². The fourth-order valence-corrected chi connectivity index (χ4v) is 3.71. The summed E-state index contributed by atoms with van der Waals surface area (Å²) in [5, 5.41) is 13.3. The summed E-state index contributed by atoms with van der Waals surface area (Å²) in [6.07, 6.45) is 0. The van der Waals surface area contributed by atoms with Crippen LogP contribution in [-0.2, 0) is 14.3 Å². The van der Waals surface area contributed by atoms with Gasteiger partial charge in [-0.25, -0.2) is 4.39 Å². The highest BCUT2D eigenvalue weighted by Crippen LogP contribution is 2.40. The molecule has 0 amide bonds. The highest BCUT2D eigenvalue weighted by molar-refractivity contribution is 8.03. The molecule has 1 atom stereocenters. The lowest BCUT2D eigenvalue weighted by molar-refractivity contribution is -0.139. The number of hydrogen-bond acceptors (Lipinski definition) is 6. The topological polar surface area (TPSA) is 79.2 Å². The van der Waals surface area contributed by atoms with Crippen molar-refractivity contribution < 1.29 is 18.7 Å². The second kappa shape index (κ2) is 8.68. The molecule has 136 valence electrons. The van der Waals surface area contributed by atoms with Crippen LogP contribution in [0.1, 0.15) is 32.3 Å². The van der Waals surface area contributed by atoms with E-state index in [1.807, 2.05) is 0 Å². The summed E-state index contributed by atoms with van der Waals surface area (Å²) in [6.45, 7) is 5.18. The van der Waals surface area contributed by atoms with Gasteiger partial charge in [-0.1, -0.05) is 23.9 Å². The van der Waals surface area contributed by atoms with Crippen molar-refractivity contribution in [1.82, 2.24) is 5.32 Å². The number of Topliss-reactive ketones (excluding diaryl/α,β-unsaturated/α-hetero) is 1. The van der Waals surface area contributed by atoms with E-state index in [0.717, 1.165) is 11.8 Å². The Bertz CT molecular complexity index is 822. The summed E-state index contributed by atoms with van der Waals surface area (Å²) in [5.41, 5.74) is 2.02. The monoisotopic (exact) mass is 374 g/mol. The second-order valence-corrected chi connectivity index (χ2v) is 6.64. The lowest BCUT2D eigenvalue weighted by Crippen LogP contribution is -2.27. The van der Waals surface area contributed by atoms with Gasteiger partial charge in [-0.15, -0.1) is 0 Å². The number of ether oxygens (including phenoxy) is 1. The van der Waals surface area contributed by atoms with Crippen molar-refractivity contribution >= 4 is 23.5 Å². The van der Waals surface area contributed by atoms with Crippen LogP contribution in [0.25, 0.3) is 0 Å². The molecule has 0 aromatic heterocycles. The number of nitriles is 1. The average Bonchev–Trinajstić information content (AvgIpc) is 2.60. The molecule has 1 N–H and O–H groups in total. The van der Waals surface area contributed by atoms with Crippen molar-refractivity contribution in [2.24, 2.45) is 0 Å². The van der Waals surface area contributed by atoms with Gasteiger partial charge in [0.05, 0.1) is 34.9 Å². The van der Waals surface area contributed by atoms with Crippen LogP contribution in [0.4, 0.5) is 4.39 Å². The third-order valence-electron chi connectivity index (χ3n) is 3.87. The number of rotatable bonds is 6. The third kappa shape index (κ3) is 4.33. The van der Waals surface area contributed by atoms with Crippen molar-refractivity contribution in [3.8, 4) is 6.07 Å². The van der Waals surface area contributed by atoms with Gasteiger partial charge in [0.15, 0.2) is 5.78 Å². The summed E-state index contributed by atoms with van der Waals surface area (Å²) < 4.78 is 18.2.